The molecule has 4 heteroatoms. The van der Waals surface area contributed by atoms with E-state index in [1.54, 1.807) is 0 Å². The van der Waals surface area contributed by atoms with E-state index in [1.807, 2.05) is 12.5 Å². The summed E-state index contributed by atoms with van der Waals surface area (Å²) in [5, 5.41) is 12.8. The van der Waals surface area contributed by atoms with Gasteiger partial charge in [0.1, 0.15) is 0 Å². The lowest BCUT2D eigenvalue weighted by Crippen LogP contribution is -2.27. The molecule has 0 radical (unpaired) electrons. The van der Waals surface area contributed by atoms with Crippen molar-refractivity contribution in [2.75, 3.05) is 13.2 Å². The van der Waals surface area contributed by atoms with Crippen LogP contribution in [0.3, 0.4) is 0 Å². The first kappa shape index (κ1) is 13.6. The molecular formula is C14H25N3O. The molecule has 1 fully saturated rings. The maximum atomic E-state index is 9.29. The van der Waals surface area contributed by atoms with Gasteiger partial charge in [-0.1, -0.05) is 13.3 Å². The molecule has 1 aromatic heterocycles. The van der Waals surface area contributed by atoms with E-state index < -0.39 is 0 Å². The molecule has 1 heterocycles. The number of hydrogen-bond acceptors (Lipinski definition) is 3. The molecule has 18 heavy (non-hydrogen) atoms. The highest BCUT2D eigenvalue weighted by atomic mass is 16.3. The largest absolute Gasteiger partial charge is 0.396 e. The molecule has 0 spiro atoms. The van der Waals surface area contributed by atoms with Crippen molar-refractivity contribution in [2.24, 2.45) is 11.8 Å². The average Bonchev–Trinajstić information content (AvgIpc) is 2.99. The van der Waals surface area contributed by atoms with Crippen molar-refractivity contribution < 1.29 is 5.11 Å². The molecule has 0 amide bonds. The summed E-state index contributed by atoms with van der Waals surface area (Å²) >= 11 is 0. The minimum Gasteiger partial charge on any atom is -0.396 e. The molecule has 1 saturated carbocycles. The van der Waals surface area contributed by atoms with E-state index in [1.165, 1.54) is 25.0 Å². The van der Waals surface area contributed by atoms with Crippen LogP contribution >= 0.6 is 0 Å². The van der Waals surface area contributed by atoms with Crippen molar-refractivity contribution in [3.63, 3.8) is 0 Å². The topological polar surface area (TPSA) is 50.1 Å². The van der Waals surface area contributed by atoms with Crippen LogP contribution in [0.4, 0.5) is 0 Å². The zero-order valence-corrected chi connectivity index (χ0v) is 11.3. The van der Waals surface area contributed by atoms with Gasteiger partial charge in [0.2, 0.25) is 0 Å². The zero-order chi connectivity index (χ0) is 12.8. The third-order valence-corrected chi connectivity index (χ3v) is 4.03. The van der Waals surface area contributed by atoms with Gasteiger partial charge in [0, 0.05) is 25.9 Å². The van der Waals surface area contributed by atoms with Crippen LogP contribution in [0.15, 0.2) is 12.5 Å². The summed E-state index contributed by atoms with van der Waals surface area (Å²) in [6.07, 6.45) is 8.71. The maximum absolute atomic E-state index is 9.29. The Hall–Kier alpha value is -0.870. The van der Waals surface area contributed by atoms with Crippen LogP contribution in [-0.4, -0.2) is 27.8 Å². The SMILES string of the molecule is CCCn1cncc1CNCC1CCCC1CO. The van der Waals surface area contributed by atoms with E-state index in [4.69, 9.17) is 0 Å². The predicted molar refractivity (Wildman–Crippen MR) is 72.1 cm³/mol. The van der Waals surface area contributed by atoms with E-state index in [0.29, 0.717) is 18.4 Å². The number of aromatic nitrogens is 2. The number of aliphatic hydroxyl groups is 1. The number of aliphatic hydroxyl groups excluding tert-OH is 1. The molecule has 0 saturated heterocycles. The fourth-order valence-electron chi connectivity index (χ4n) is 2.95. The van der Waals surface area contributed by atoms with Crippen molar-refractivity contribution in [3.05, 3.63) is 18.2 Å². The first-order valence-electron chi connectivity index (χ1n) is 7.15. The highest BCUT2D eigenvalue weighted by molar-refractivity contribution is 4.98. The number of imidazole rings is 1. The van der Waals surface area contributed by atoms with Crippen molar-refractivity contribution in [3.8, 4) is 0 Å². The van der Waals surface area contributed by atoms with E-state index >= 15 is 0 Å². The van der Waals surface area contributed by atoms with Crippen LogP contribution in [0.2, 0.25) is 0 Å². The molecule has 1 aliphatic rings. The molecule has 4 nitrogen and oxygen atoms in total. The normalized spacial score (nSPS) is 23.7. The van der Waals surface area contributed by atoms with Gasteiger partial charge >= 0.3 is 0 Å². The fourth-order valence-corrected chi connectivity index (χ4v) is 2.95. The summed E-state index contributed by atoms with van der Waals surface area (Å²) in [6.45, 7) is 5.47. The summed E-state index contributed by atoms with van der Waals surface area (Å²) in [7, 11) is 0. The molecule has 0 aromatic carbocycles. The van der Waals surface area contributed by atoms with Crippen LogP contribution < -0.4 is 5.32 Å². The average molecular weight is 251 g/mol. The molecule has 0 aliphatic heterocycles. The molecule has 2 rings (SSSR count). The van der Waals surface area contributed by atoms with E-state index in [2.05, 4.69) is 21.8 Å². The lowest BCUT2D eigenvalue weighted by Gasteiger charge is -2.18. The lowest BCUT2D eigenvalue weighted by molar-refractivity contribution is 0.192. The molecule has 2 atom stereocenters. The van der Waals surface area contributed by atoms with Crippen LogP contribution in [0, 0.1) is 11.8 Å². The van der Waals surface area contributed by atoms with Crippen molar-refractivity contribution in [1.29, 1.82) is 0 Å². The predicted octanol–water partition coefficient (Wildman–Crippen LogP) is 1.79. The number of rotatable bonds is 7. The van der Waals surface area contributed by atoms with Gasteiger partial charge in [-0.25, -0.2) is 4.98 Å². The standard InChI is InChI=1S/C14H25N3O/c1-2-6-17-11-16-9-14(17)8-15-7-12-4-3-5-13(12)10-18/h9,11-13,15,18H,2-8,10H2,1H3. The molecule has 1 aromatic rings. The number of aryl methyl sites for hydroxylation is 1. The minimum atomic E-state index is 0.347. The highest BCUT2D eigenvalue weighted by Crippen LogP contribution is 2.30. The zero-order valence-electron chi connectivity index (χ0n) is 11.3. The number of nitrogens with one attached hydrogen (secondary N) is 1. The van der Waals surface area contributed by atoms with Crippen molar-refractivity contribution in [1.82, 2.24) is 14.9 Å². The Labute approximate surface area is 109 Å². The van der Waals surface area contributed by atoms with Gasteiger partial charge in [-0.2, -0.15) is 0 Å². The Balaban J connectivity index is 1.76. The van der Waals surface area contributed by atoms with Gasteiger partial charge in [0.25, 0.3) is 0 Å². The van der Waals surface area contributed by atoms with Gasteiger partial charge in [0.15, 0.2) is 0 Å². The Kier molecular flexibility index (Phi) is 5.20. The Morgan fingerprint density at radius 3 is 3.06 bits per heavy atom. The van der Waals surface area contributed by atoms with Crippen molar-refractivity contribution >= 4 is 0 Å². The van der Waals surface area contributed by atoms with Crippen LogP contribution in [0.5, 0.6) is 0 Å². The number of nitrogens with zero attached hydrogens (tertiary/aromatic N) is 2. The first-order chi connectivity index (χ1) is 8.85. The molecule has 0 bridgehead atoms. The first-order valence-corrected chi connectivity index (χ1v) is 7.15. The third kappa shape index (κ3) is 3.33. The van der Waals surface area contributed by atoms with Gasteiger partial charge in [0.05, 0.1) is 12.0 Å². The lowest BCUT2D eigenvalue weighted by atomic mass is 9.97. The smallest absolute Gasteiger partial charge is 0.0948 e. The Morgan fingerprint density at radius 2 is 2.28 bits per heavy atom. The second-order valence-corrected chi connectivity index (χ2v) is 5.34. The summed E-state index contributed by atoms with van der Waals surface area (Å²) in [5.41, 5.74) is 1.26. The molecule has 1 aliphatic carbocycles. The summed E-state index contributed by atoms with van der Waals surface area (Å²) in [4.78, 5) is 4.21. The van der Waals surface area contributed by atoms with Gasteiger partial charge in [-0.05, 0) is 37.6 Å². The summed E-state index contributed by atoms with van der Waals surface area (Å²) < 4.78 is 2.21. The van der Waals surface area contributed by atoms with Crippen molar-refractivity contribution in [2.45, 2.75) is 45.7 Å². The van der Waals surface area contributed by atoms with E-state index in [9.17, 15) is 5.11 Å². The fraction of sp³-hybridized carbons (Fsp3) is 0.786. The summed E-state index contributed by atoms with van der Waals surface area (Å²) in [6, 6.07) is 0. The van der Waals surface area contributed by atoms with E-state index in [-0.39, 0.29) is 0 Å². The van der Waals surface area contributed by atoms with E-state index in [0.717, 1.165) is 26.1 Å². The maximum Gasteiger partial charge on any atom is 0.0948 e. The van der Waals surface area contributed by atoms with Crippen LogP contribution in [-0.2, 0) is 13.1 Å². The molecular weight excluding hydrogens is 226 g/mol. The van der Waals surface area contributed by atoms with Crippen LogP contribution in [0.1, 0.15) is 38.3 Å². The minimum absolute atomic E-state index is 0.347. The second kappa shape index (κ2) is 6.90. The van der Waals surface area contributed by atoms with Crippen LogP contribution in [0.25, 0.3) is 0 Å². The Morgan fingerprint density at radius 1 is 1.44 bits per heavy atom. The highest BCUT2D eigenvalue weighted by Gasteiger charge is 2.25. The number of hydrogen-bond donors (Lipinski definition) is 2. The molecule has 2 N–H and O–H groups in total. The molecule has 2 unspecified atom stereocenters. The monoisotopic (exact) mass is 251 g/mol. The Bertz CT molecular complexity index is 351. The third-order valence-electron chi connectivity index (χ3n) is 4.03. The van der Waals surface area contributed by atoms with Gasteiger partial charge < -0.3 is 15.0 Å². The quantitative estimate of drug-likeness (QED) is 0.777. The van der Waals surface area contributed by atoms with Gasteiger partial charge in [-0.15, -0.1) is 0 Å². The van der Waals surface area contributed by atoms with Gasteiger partial charge in [-0.3, -0.25) is 0 Å². The second-order valence-electron chi connectivity index (χ2n) is 5.34. The molecule has 102 valence electrons. The summed E-state index contributed by atoms with van der Waals surface area (Å²) in [5.74, 6) is 1.16.